The van der Waals surface area contributed by atoms with Crippen molar-refractivity contribution in [3.8, 4) is 22.8 Å². The summed E-state index contributed by atoms with van der Waals surface area (Å²) in [5, 5.41) is 10.7. The van der Waals surface area contributed by atoms with E-state index in [1.165, 1.54) is 12.8 Å². The molecular weight excluding hydrogens is 350 g/mol. The summed E-state index contributed by atoms with van der Waals surface area (Å²) in [5.41, 5.74) is 4.13. The maximum Gasteiger partial charge on any atom is 0.232 e. The Kier molecular flexibility index (Phi) is 4.05. The van der Waals surface area contributed by atoms with Crippen LogP contribution in [0.25, 0.3) is 22.8 Å². The van der Waals surface area contributed by atoms with Gasteiger partial charge in [0, 0.05) is 41.2 Å². The van der Waals surface area contributed by atoms with Crippen LogP contribution in [-0.2, 0) is 0 Å². The quantitative estimate of drug-likeness (QED) is 0.546. The first-order chi connectivity index (χ1) is 13.8. The fourth-order valence-electron chi connectivity index (χ4n) is 3.12. The monoisotopic (exact) mass is 369 g/mol. The third kappa shape index (κ3) is 3.34. The van der Waals surface area contributed by atoms with Crippen molar-refractivity contribution >= 4 is 11.8 Å². The lowest BCUT2D eigenvalue weighted by Gasteiger charge is -2.09. The van der Waals surface area contributed by atoms with Gasteiger partial charge in [0.25, 0.3) is 0 Å². The van der Waals surface area contributed by atoms with Gasteiger partial charge >= 0.3 is 0 Å². The highest BCUT2D eigenvalue weighted by atomic mass is 15.2. The smallest absolute Gasteiger partial charge is 0.232 e. The zero-order chi connectivity index (χ0) is 18.9. The molecule has 0 aliphatic heterocycles. The normalized spacial score (nSPS) is 13.5. The molecule has 1 aromatic carbocycles. The van der Waals surface area contributed by atoms with Gasteiger partial charge in [0.05, 0.1) is 0 Å². The van der Waals surface area contributed by atoms with E-state index in [0.717, 1.165) is 22.4 Å². The number of aryl methyl sites for hydroxylation is 1. The second kappa shape index (κ2) is 6.84. The Morgan fingerprint density at radius 1 is 0.964 bits per heavy atom. The minimum absolute atomic E-state index is 0.467. The van der Waals surface area contributed by atoms with Crippen LogP contribution >= 0.6 is 0 Å². The number of benzene rings is 1. The fourth-order valence-corrected chi connectivity index (χ4v) is 3.12. The molecule has 3 heterocycles. The molecule has 0 spiro atoms. The van der Waals surface area contributed by atoms with Crippen LogP contribution < -0.4 is 5.32 Å². The van der Waals surface area contributed by atoms with E-state index in [1.54, 1.807) is 12.4 Å². The average molecular weight is 369 g/mol. The van der Waals surface area contributed by atoms with Gasteiger partial charge in [-0.3, -0.25) is 10.1 Å². The molecule has 0 radical (unpaired) electrons. The van der Waals surface area contributed by atoms with Crippen molar-refractivity contribution < 1.29 is 0 Å². The standard InChI is InChI=1S/C21H19N7/c1-13-4-2-3-5-16(13)20-24-19(15-8-10-22-11-9-15)25-21(26-20)23-18-12-17(27-28-18)14-6-7-14/h2-5,8-12,14H,6-7H2,1H3,(H2,23,24,25,26,27,28). The molecule has 0 amide bonds. The van der Waals surface area contributed by atoms with Crippen LogP contribution in [0, 0.1) is 6.92 Å². The second-order valence-electron chi connectivity index (χ2n) is 6.96. The van der Waals surface area contributed by atoms with Crippen LogP contribution in [-0.4, -0.2) is 30.1 Å². The summed E-state index contributed by atoms with van der Waals surface area (Å²) in [4.78, 5) is 18.0. The van der Waals surface area contributed by atoms with Crippen molar-refractivity contribution in [3.05, 3.63) is 66.1 Å². The van der Waals surface area contributed by atoms with Gasteiger partial charge < -0.3 is 5.32 Å². The van der Waals surface area contributed by atoms with E-state index < -0.39 is 0 Å². The summed E-state index contributed by atoms with van der Waals surface area (Å²) < 4.78 is 0. The number of pyridine rings is 1. The Morgan fingerprint density at radius 2 is 1.75 bits per heavy atom. The summed E-state index contributed by atoms with van der Waals surface area (Å²) in [6.45, 7) is 2.05. The van der Waals surface area contributed by atoms with Gasteiger partial charge in [-0.25, -0.2) is 4.98 Å². The van der Waals surface area contributed by atoms with E-state index in [4.69, 9.17) is 4.98 Å². The van der Waals surface area contributed by atoms with Crippen LogP contribution in [0.5, 0.6) is 0 Å². The Balaban J connectivity index is 1.57. The van der Waals surface area contributed by atoms with Crippen LogP contribution in [0.3, 0.4) is 0 Å². The van der Waals surface area contributed by atoms with Crippen molar-refractivity contribution in [2.75, 3.05) is 5.32 Å². The molecule has 0 bridgehead atoms. The van der Waals surface area contributed by atoms with Crippen LogP contribution in [0.1, 0.15) is 30.0 Å². The Labute approximate surface area is 162 Å². The van der Waals surface area contributed by atoms with Crippen molar-refractivity contribution in [3.63, 3.8) is 0 Å². The number of aromatic nitrogens is 6. The average Bonchev–Trinajstić information content (AvgIpc) is 3.48. The highest BCUT2D eigenvalue weighted by molar-refractivity contribution is 5.66. The van der Waals surface area contributed by atoms with E-state index in [9.17, 15) is 0 Å². The van der Waals surface area contributed by atoms with Gasteiger partial charge in [-0.2, -0.15) is 15.1 Å². The van der Waals surface area contributed by atoms with Crippen molar-refractivity contribution in [1.82, 2.24) is 30.1 Å². The minimum atomic E-state index is 0.467. The third-order valence-electron chi connectivity index (χ3n) is 4.81. The van der Waals surface area contributed by atoms with Crippen LogP contribution in [0.2, 0.25) is 0 Å². The topological polar surface area (TPSA) is 92.3 Å². The zero-order valence-corrected chi connectivity index (χ0v) is 15.4. The van der Waals surface area contributed by atoms with Crippen molar-refractivity contribution in [2.24, 2.45) is 0 Å². The molecule has 3 aromatic heterocycles. The summed E-state index contributed by atoms with van der Waals surface area (Å²) in [7, 11) is 0. The predicted octanol–water partition coefficient (Wildman–Crippen LogP) is 4.25. The minimum Gasteiger partial charge on any atom is -0.307 e. The van der Waals surface area contributed by atoms with Crippen molar-refractivity contribution in [1.29, 1.82) is 0 Å². The fraction of sp³-hybridized carbons (Fsp3) is 0.190. The Morgan fingerprint density at radius 3 is 2.54 bits per heavy atom. The van der Waals surface area contributed by atoms with Gasteiger partial charge in [-0.15, -0.1) is 0 Å². The second-order valence-corrected chi connectivity index (χ2v) is 6.96. The number of nitrogens with zero attached hydrogens (tertiary/aromatic N) is 5. The molecule has 0 unspecified atom stereocenters. The van der Waals surface area contributed by atoms with Gasteiger partial charge in [0.15, 0.2) is 17.5 Å². The largest absolute Gasteiger partial charge is 0.307 e. The Bertz CT molecular complexity index is 1120. The van der Waals surface area contributed by atoms with E-state index in [2.05, 4.69) is 30.5 Å². The molecule has 4 aromatic rings. The maximum absolute atomic E-state index is 4.70. The van der Waals surface area contributed by atoms with Gasteiger partial charge in [-0.1, -0.05) is 24.3 Å². The predicted molar refractivity (Wildman–Crippen MR) is 107 cm³/mol. The maximum atomic E-state index is 4.70. The summed E-state index contributed by atoms with van der Waals surface area (Å²) in [6, 6.07) is 13.9. The number of nitrogens with one attached hydrogen (secondary N) is 2. The molecule has 1 fully saturated rings. The first-order valence-corrected chi connectivity index (χ1v) is 9.31. The lowest BCUT2D eigenvalue weighted by Crippen LogP contribution is -2.04. The molecule has 138 valence electrons. The van der Waals surface area contributed by atoms with E-state index >= 15 is 0 Å². The summed E-state index contributed by atoms with van der Waals surface area (Å²) >= 11 is 0. The number of hydrogen-bond acceptors (Lipinski definition) is 6. The lowest BCUT2D eigenvalue weighted by molar-refractivity contribution is 0.964. The number of rotatable bonds is 5. The first-order valence-electron chi connectivity index (χ1n) is 9.31. The van der Waals surface area contributed by atoms with E-state index in [1.807, 2.05) is 49.4 Å². The molecular formula is C21H19N7. The van der Waals surface area contributed by atoms with Crippen molar-refractivity contribution in [2.45, 2.75) is 25.7 Å². The molecule has 1 aliphatic carbocycles. The third-order valence-corrected chi connectivity index (χ3v) is 4.81. The van der Waals surface area contributed by atoms with E-state index in [-0.39, 0.29) is 0 Å². The number of aromatic amines is 1. The highest BCUT2D eigenvalue weighted by Crippen LogP contribution is 2.39. The first kappa shape index (κ1) is 16.6. The molecule has 1 aliphatic rings. The van der Waals surface area contributed by atoms with Crippen LogP contribution in [0.15, 0.2) is 54.9 Å². The molecule has 28 heavy (non-hydrogen) atoms. The van der Waals surface area contributed by atoms with Gasteiger partial charge in [0.2, 0.25) is 5.95 Å². The van der Waals surface area contributed by atoms with Crippen LogP contribution in [0.4, 0.5) is 11.8 Å². The number of hydrogen-bond donors (Lipinski definition) is 2. The summed E-state index contributed by atoms with van der Waals surface area (Å²) in [5.74, 6) is 3.01. The molecule has 2 N–H and O–H groups in total. The zero-order valence-electron chi connectivity index (χ0n) is 15.4. The van der Waals surface area contributed by atoms with Gasteiger partial charge in [-0.05, 0) is 37.5 Å². The molecule has 1 saturated carbocycles. The molecule has 0 saturated heterocycles. The molecule has 7 heteroatoms. The molecule has 7 nitrogen and oxygen atoms in total. The number of anilines is 2. The SMILES string of the molecule is Cc1ccccc1-c1nc(Nc2cc(C3CC3)[nH]n2)nc(-c2ccncc2)n1. The number of H-pyrrole nitrogens is 1. The lowest BCUT2D eigenvalue weighted by atomic mass is 10.1. The Hall–Kier alpha value is -3.61. The summed E-state index contributed by atoms with van der Waals surface area (Å²) in [6.07, 6.45) is 5.90. The molecule has 0 atom stereocenters. The van der Waals surface area contributed by atoms with E-state index in [0.29, 0.717) is 29.3 Å². The van der Waals surface area contributed by atoms with Gasteiger partial charge in [0.1, 0.15) is 0 Å². The highest BCUT2D eigenvalue weighted by Gasteiger charge is 2.25. The molecule has 5 rings (SSSR count).